The van der Waals surface area contributed by atoms with E-state index in [1.807, 2.05) is 0 Å². The van der Waals surface area contributed by atoms with E-state index in [1.165, 1.54) is 0 Å². The molecule has 1 fully saturated rings. The molecule has 3 atom stereocenters. The van der Waals surface area contributed by atoms with Crippen molar-refractivity contribution in [3.63, 3.8) is 0 Å². The summed E-state index contributed by atoms with van der Waals surface area (Å²) in [5.74, 6) is -0.691. The van der Waals surface area contributed by atoms with E-state index in [1.54, 1.807) is 6.92 Å². The summed E-state index contributed by atoms with van der Waals surface area (Å²) < 4.78 is 29.9. The molecule has 0 bridgehead atoms. The second-order valence-corrected chi connectivity index (χ2v) is 8.02. The molecule has 0 aliphatic heterocycles. The first-order valence-corrected chi connectivity index (χ1v) is 9.76. The predicted octanol–water partition coefficient (Wildman–Crippen LogP) is 1.91. The normalized spacial score (nSPS) is 26.5. The second kappa shape index (κ2) is 8.73. The summed E-state index contributed by atoms with van der Waals surface area (Å²) in [6.07, 6.45) is 4.54. The molecule has 21 heavy (non-hydrogen) atoms. The Hall–Kier alpha value is -0.620. The summed E-state index contributed by atoms with van der Waals surface area (Å²) in [5, 5.41) is 2.88. The number of carbonyl (C=O) groups is 1. The Morgan fingerprint density at radius 2 is 1.95 bits per heavy atom. The third-order valence-electron chi connectivity index (χ3n) is 4.22. The zero-order valence-corrected chi connectivity index (χ0v) is 14.2. The van der Waals surface area contributed by atoms with Crippen LogP contribution in [0.1, 0.15) is 52.9 Å². The molecule has 124 valence electrons. The minimum Gasteiger partial charge on any atom is -0.465 e. The summed E-state index contributed by atoms with van der Waals surface area (Å²) in [5.41, 5.74) is 0. The Kier molecular flexibility index (Phi) is 7.66. The lowest BCUT2D eigenvalue weighted by Gasteiger charge is -2.36. The van der Waals surface area contributed by atoms with Crippen LogP contribution in [0.15, 0.2) is 0 Å². The van der Waals surface area contributed by atoms with E-state index in [0.717, 1.165) is 32.2 Å². The minimum absolute atomic E-state index is 0.0350. The van der Waals surface area contributed by atoms with Crippen molar-refractivity contribution >= 4 is 15.8 Å². The van der Waals surface area contributed by atoms with Crippen LogP contribution < -0.4 is 5.32 Å². The van der Waals surface area contributed by atoms with Crippen molar-refractivity contribution < 1.29 is 17.9 Å². The van der Waals surface area contributed by atoms with Crippen LogP contribution in [0.2, 0.25) is 0 Å². The lowest BCUT2D eigenvalue weighted by atomic mass is 9.84. The fourth-order valence-corrected chi connectivity index (χ4v) is 4.94. The van der Waals surface area contributed by atoms with Crippen LogP contribution in [0.4, 0.5) is 0 Å². The van der Waals surface area contributed by atoms with E-state index < -0.39 is 26.8 Å². The monoisotopic (exact) mass is 319 g/mol. The van der Waals surface area contributed by atoms with Crippen molar-refractivity contribution in [1.82, 2.24) is 5.32 Å². The van der Waals surface area contributed by atoms with Crippen LogP contribution in [0, 0.1) is 5.92 Å². The molecule has 1 aliphatic rings. The highest BCUT2D eigenvalue weighted by molar-refractivity contribution is 7.92. The van der Waals surface area contributed by atoms with Crippen LogP contribution in [-0.2, 0) is 19.4 Å². The smallest absolute Gasteiger partial charge is 0.321 e. The molecule has 1 rings (SSSR count). The maximum atomic E-state index is 12.6. The van der Waals surface area contributed by atoms with E-state index >= 15 is 0 Å². The molecule has 0 saturated heterocycles. The van der Waals surface area contributed by atoms with E-state index in [-0.39, 0.29) is 12.6 Å². The standard InChI is InChI=1S/C15H29NO4S/c1-4-9-16-13-8-7-12(5-2)10-14(13)21(18,19)11-15(17)20-6-3/h12-14,16H,4-11H2,1-3H3. The molecule has 0 aromatic rings. The number of hydrogen-bond donors (Lipinski definition) is 1. The van der Waals surface area contributed by atoms with Gasteiger partial charge in [0.2, 0.25) is 0 Å². The Morgan fingerprint density at radius 1 is 1.24 bits per heavy atom. The topological polar surface area (TPSA) is 72.5 Å². The van der Waals surface area contributed by atoms with Gasteiger partial charge in [0.25, 0.3) is 0 Å². The van der Waals surface area contributed by atoms with Crippen molar-refractivity contribution in [3.05, 3.63) is 0 Å². The fraction of sp³-hybridized carbons (Fsp3) is 0.933. The van der Waals surface area contributed by atoms with Crippen molar-refractivity contribution in [2.45, 2.75) is 64.2 Å². The van der Waals surface area contributed by atoms with Gasteiger partial charge >= 0.3 is 5.97 Å². The zero-order chi connectivity index (χ0) is 15.9. The average Bonchev–Trinajstić information content (AvgIpc) is 2.44. The molecular weight excluding hydrogens is 290 g/mol. The number of carbonyl (C=O) groups excluding carboxylic acids is 1. The highest BCUT2D eigenvalue weighted by Gasteiger charge is 2.39. The highest BCUT2D eigenvalue weighted by Crippen LogP contribution is 2.31. The molecule has 0 radical (unpaired) electrons. The van der Waals surface area contributed by atoms with Gasteiger partial charge in [-0.2, -0.15) is 0 Å². The number of ether oxygens (including phenoxy) is 1. The van der Waals surface area contributed by atoms with E-state index in [4.69, 9.17) is 4.74 Å². The quantitative estimate of drug-likeness (QED) is 0.692. The average molecular weight is 319 g/mol. The van der Waals surface area contributed by atoms with Crippen molar-refractivity contribution in [2.75, 3.05) is 18.9 Å². The first-order valence-electron chi connectivity index (χ1n) is 8.05. The van der Waals surface area contributed by atoms with Gasteiger partial charge in [-0.05, 0) is 45.1 Å². The van der Waals surface area contributed by atoms with Gasteiger partial charge in [-0.25, -0.2) is 8.42 Å². The predicted molar refractivity (Wildman–Crippen MR) is 83.9 cm³/mol. The molecular formula is C15H29NO4S. The molecule has 3 unspecified atom stereocenters. The molecule has 1 N–H and O–H groups in total. The Bertz CT molecular complexity index is 421. The molecule has 6 heteroatoms. The van der Waals surface area contributed by atoms with Crippen LogP contribution in [0.25, 0.3) is 0 Å². The van der Waals surface area contributed by atoms with E-state index in [0.29, 0.717) is 12.3 Å². The van der Waals surface area contributed by atoms with Gasteiger partial charge in [0.05, 0.1) is 11.9 Å². The summed E-state index contributed by atoms with van der Waals surface area (Å²) in [6.45, 7) is 6.87. The SMILES string of the molecule is CCCNC1CCC(CC)CC1S(=O)(=O)CC(=O)OCC. The van der Waals surface area contributed by atoms with Crippen LogP contribution in [0.5, 0.6) is 0 Å². The lowest BCUT2D eigenvalue weighted by molar-refractivity contribution is -0.139. The number of nitrogens with one attached hydrogen (secondary N) is 1. The second-order valence-electron chi connectivity index (χ2n) is 5.80. The molecule has 0 aromatic carbocycles. The van der Waals surface area contributed by atoms with Crippen molar-refractivity contribution in [2.24, 2.45) is 5.92 Å². The first-order chi connectivity index (χ1) is 9.94. The molecule has 1 aliphatic carbocycles. The van der Waals surface area contributed by atoms with Gasteiger partial charge in [-0.15, -0.1) is 0 Å². The van der Waals surface area contributed by atoms with Gasteiger partial charge in [-0.3, -0.25) is 4.79 Å². The summed E-state index contributed by atoms with van der Waals surface area (Å²) in [7, 11) is -3.46. The number of esters is 1. The maximum Gasteiger partial charge on any atom is 0.321 e. The summed E-state index contributed by atoms with van der Waals surface area (Å²) >= 11 is 0. The molecule has 1 saturated carbocycles. The van der Waals surface area contributed by atoms with E-state index in [2.05, 4.69) is 19.2 Å². The first kappa shape index (κ1) is 18.4. The molecule has 0 amide bonds. The zero-order valence-electron chi connectivity index (χ0n) is 13.4. The summed E-state index contributed by atoms with van der Waals surface area (Å²) in [4.78, 5) is 11.6. The third kappa shape index (κ3) is 5.58. The fourth-order valence-electron chi connectivity index (χ4n) is 3.02. The molecule has 0 aromatic heterocycles. The van der Waals surface area contributed by atoms with Gasteiger partial charge in [-0.1, -0.05) is 20.3 Å². The van der Waals surface area contributed by atoms with E-state index in [9.17, 15) is 13.2 Å². The minimum atomic E-state index is -3.46. The largest absolute Gasteiger partial charge is 0.465 e. The number of rotatable bonds is 8. The Morgan fingerprint density at radius 3 is 2.52 bits per heavy atom. The van der Waals surface area contributed by atoms with Crippen molar-refractivity contribution in [1.29, 1.82) is 0 Å². The van der Waals surface area contributed by atoms with Gasteiger partial charge in [0.1, 0.15) is 5.75 Å². The van der Waals surface area contributed by atoms with Crippen molar-refractivity contribution in [3.8, 4) is 0 Å². The number of sulfone groups is 1. The summed E-state index contributed by atoms with van der Waals surface area (Å²) in [6, 6.07) is -0.0350. The van der Waals surface area contributed by atoms with Crippen LogP contribution in [0.3, 0.4) is 0 Å². The molecule has 0 spiro atoms. The van der Waals surface area contributed by atoms with Gasteiger partial charge < -0.3 is 10.1 Å². The molecule has 5 nitrogen and oxygen atoms in total. The Balaban J connectivity index is 2.81. The third-order valence-corrected chi connectivity index (χ3v) is 6.30. The maximum absolute atomic E-state index is 12.6. The highest BCUT2D eigenvalue weighted by atomic mass is 32.2. The lowest BCUT2D eigenvalue weighted by Crippen LogP contribution is -2.49. The Labute approximate surface area is 128 Å². The van der Waals surface area contributed by atoms with Crippen LogP contribution in [-0.4, -0.2) is 44.6 Å². The number of hydrogen-bond acceptors (Lipinski definition) is 5. The van der Waals surface area contributed by atoms with Gasteiger partial charge in [0, 0.05) is 6.04 Å². The van der Waals surface area contributed by atoms with Gasteiger partial charge in [0.15, 0.2) is 9.84 Å². The van der Waals surface area contributed by atoms with Crippen LogP contribution >= 0.6 is 0 Å². The molecule has 0 heterocycles.